The first-order valence-corrected chi connectivity index (χ1v) is 12.4. The van der Waals surface area contributed by atoms with E-state index in [0.29, 0.717) is 30.2 Å². The van der Waals surface area contributed by atoms with E-state index in [9.17, 15) is 4.79 Å². The minimum Gasteiger partial charge on any atom is -0.490 e. The molecule has 1 saturated carbocycles. The Morgan fingerprint density at radius 3 is 2.05 bits per heavy atom. The zero-order valence-corrected chi connectivity index (χ0v) is 21.9. The van der Waals surface area contributed by atoms with Gasteiger partial charge in [-0.3, -0.25) is 0 Å². The zero-order valence-electron chi connectivity index (χ0n) is 21.9. The fraction of sp³-hybridized carbons (Fsp3) is 0.367. The summed E-state index contributed by atoms with van der Waals surface area (Å²) in [7, 11) is 0. The molecule has 0 spiro atoms. The second-order valence-corrected chi connectivity index (χ2v) is 10.9. The van der Waals surface area contributed by atoms with E-state index < -0.39 is 0 Å². The van der Waals surface area contributed by atoms with Crippen molar-refractivity contribution in [3.8, 4) is 23.4 Å². The molecular weight excluding hydrogens is 466 g/mol. The van der Waals surface area contributed by atoms with Crippen LogP contribution < -0.4 is 14.8 Å². The monoisotopic (exact) mass is 499 g/mol. The first kappa shape index (κ1) is 26.0. The number of aromatic nitrogens is 1. The fourth-order valence-corrected chi connectivity index (χ4v) is 4.10. The molecule has 7 nitrogen and oxygen atoms in total. The Kier molecular flexibility index (Phi) is 7.40. The number of benzene rings is 2. The minimum atomic E-state index is -0.382. The highest BCUT2D eigenvalue weighted by Gasteiger charge is 2.34. The van der Waals surface area contributed by atoms with Gasteiger partial charge < -0.3 is 19.5 Å². The number of nitriles is 1. The van der Waals surface area contributed by atoms with Crippen molar-refractivity contribution >= 4 is 6.09 Å². The molecule has 1 fully saturated rings. The Balaban J connectivity index is 1.31. The molecule has 0 unspecified atom stereocenters. The van der Waals surface area contributed by atoms with E-state index in [-0.39, 0.29) is 29.3 Å². The van der Waals surface area contributed by atoms with Crippen molar-refractivity contribution < 1.29 is 19.0 Å². The topological polar surface area (TPSA) is 93.5 Å². The molecule has 1 aliphatic carbocycles. The van der Waals surface area contributed by atoms with E-state index in [4.69, 9.17) is 19.5 Å². The van der Waals surface area contributed by atoms with Gasteiger partial charge in [-0.2, -0.15) is 5.26 Å². The Labute approximate surface area is 218 Å². The number of ether oxygens (including phenoxy) is 3. The maximum Gasteiger partial charge on any atom is 0.407 e. The lowest BCUT2D eigenvalue weighted by Gasteiger charge is -2.35. The smallest absolute Gasteiger partial charge is 0.407 e. The lowest BCUT2D eigenvalue weighted by Crippen LogP contribution is -2.46. The van der Waals surface area contributed by atoms with Gasteiger partial charge >= 0.3 is 6.09 Å². The summed E-state index contributed by atoms with van der Waals surface area (Å²) in [5.41, 5.74) is 2.07. The standard InChI is InChI=1S/C30H33N3O4/c1-29(2,3)33-28(34)37-26-17-25(18-26)35-23-13-9-20(10-14-23)30(4,5)21-11-15-24(16-12-21)36-27-8-6-7-22(19-31)32-27/h6-16,25-26H,17-18H2,1-5H3,(H,33,34). The third-order valence-corrected chi connectivity index (χ3v) is 6.32. The summed E-state index contributed by atoms with van der Waals surface area (Å²) in [4.78, 5) is 16.1. The molecule has 0 atom stereocenters. The van der Waals surface area contributed by atoms with Crippen LogP contribution in [0.5, 0.6) is 17.4 Å². The predicted molar refractivity (Wildman–Crippen MR) is 141 cm³/mol. The van der Waals surface area contributed by atoms with Gasteiger partial charge in [0.05, 0.1) is 0 Å². The quantitative estimate of drug-likeness (QED) is 0.398. The number of alkyl carbamates (subject to hydrolysis) is 1. The molecule has 37 heavy (non-hydrogen) atoms. The molecule has 3 aromatic rings. The first-order chi connectivity index (χ1) is 17.5. The van der Waals surface area contributed by atoms with Crippen LogP contribution >= 0.6 is 0 Å². The van der Waals surface area contributed by atoms with Crippen molar-refractivity contribution in [3.05, 3.63) is 83.6 Å². The number of carbonyl (C=O) groups is 1. The van der Waals surface area contributed by atoms with Gasteiger partial charge in [-0.05, 0) is 62.2 Å². The zero-order chi connectivity index (χ0) is 26.6. The van der Waals surface area contributed by atoms with E-state index in [2.05, 4.69) is 36.3 Å². The molecule has 7 heteroatoms. The number of hydrogen-bond acceptors (Lipinski definition) is 6. The van der Waals surface area contributed by atoms with Crippen LogP contribution in [0.2, 0.25) is 0 Å². The Morgan fingerprint density at radius 1 is 0.892 bits per heavy atom. The van der Waals surface area contributed by atoms with Crippen LogP contribution in [0.4, 0.5) is 4.79 Å². The van der Waals surface area contributed by atoms with Gasteiger partial charge in [0, 0.05) is 29.9 Å². The van der Waals surface area contributed by atoms with Crippen molar-refractivity contribution in [1.29, 1.82) is 5.26 Å². The van der Waals surface area contributed by atoms with Crippen LogP contribution in [-0.4, -0.2) is 28.8 Å². The second kappa shape index (κ2) is 10.5. The summed E-state index contributed by atoms with van der Waals surface area (Å²) in [6.45, 7) is 10.1. The lowest BCUT2D eigenvalue weighted by molar-refractivity contribution is -0.0243. The Bertz CT molecular complexity index is 1270. The van der Waals surface area contributed by atoms with Crippen LogP contribution in [-0.2, 0) is 10.2 Å². The summed E-state index contributed by atoms with van der Waals surface area (Å²) in [6, 6.07) is 23.2. The number of pyridine rings is 1. The van der Waals surface area contributed by atoms with Crippen molar-refractivity contribution in [2.75, 3.05) is 0 Å². The molecule has 0 radical (unpaired) electrons. The molecule has 2 aromatic carbocycles. The maximum atomic E-state index is 11.9. The van der Waals surface area contributed by atoms with Gasteiger partial charge in [-0.1, -0.05) is 44.2 Å². The van der Waals surface area contributed by atoms with Gasteiger partial charge in [0.25, 0.3) is 0 Å². The van der Waals surface area contributed by atoms with Crippen molar-refractivity contribution in [2.45, 2.75) is 70.6 Å². The molecule has 1 aliphatic rings. The van der Waals surface area contributed by atoms with Crippen LogP contribution in [0.25, 0.3) is 0 Å². The van der Waals surface area contributed by atoms with E-state index in [1.165, 1.54) is 0 Å². The normalized spacial score (nSPS) is 17.2. The van der Waals surface area contributed by atoms with Crippen LogP contribution in [0.1, 0.15) is 64.3 Å². The lowest BCUT2D eigenvalue weighted by atomic mass is 9.78. The van der Waals surface area contributed by atoms with Crippen molar-refractivity contribution in [2.24, 2.45) is 0 Å². The Hall–Kier alpha value is -4.05. The minimum absolute atomic E-state index is 0.0437. The van der Waals surface area contributed by atoms with Gasteiger partial charge in [-0.15, -0.1) is 0 Å². The molecule has 0 aliphatic heterocycles. The largest absolute Gasteiger partial charge is 0.490 e. The van der Waals surface area contributed by atoms with Gasteiger partial charge in [0.1, 0.15) is 35.5 Å². The third-order valence-electron chi connectivity index (χ3n) is 6.32. The molecule has 4 rings (SSSR count). The number of amides is 1. The number of hydrogen-bond donors (Lipinski definition) is 1. The van der Waals surface area contributed by atoms with Crippen molar-refractivity contribution in [3.63, 3.8) is 0 Å². The number of nitrogens with one attached hydrogen (secondary N) is 1. The molecule has 0 bridgehead atoms. The van der Waals surface area contributed by atoms with Gasteiger partial charge in [-0.25, -0.2) is 9.78 Å². The highest BCUT2D eigenvalue weighted by atomic mass is 16.6. The number of carbonyl (C=O) groups excluding carboxylic acids is 1. The van der Waals surface area contributed by atoms with Gasteiger partial charge in [0.2, 0.25) is 5.88 Å². The maximum absolute atomic E-state index is 11.9. The number of rotatable bonds is 7. The summed E-state index contributed by atoms with van der Waals surface area (Å²) in [5.74, 6) is 1.85. The molecular formula is C30H33N3O4. The van der Waals surface area contributed by atoms with Gasteiger partial charge in [0.15, 0.2) is 0 Å². The number of nitrogens with zero attached hydrogens (tertiary/aromatic N) is 2. The van der Waals surface area contributed by atoms with Crippen molar-refractivity contribution in [1.82, 2.24) is 10.3 Å². The van der Waals surface area contributed by atoms with Crippen LogP contribution in [0, 0.1) is 11.3 Å². The van der Waals surface area contributed by atoms with E-state index in [1.54, 1.807) is 18.2 Å². The summed E-state index contributed by atoms with van der Waals surface area (Å²) < 4.78 is 17.3. The summed E-state index contributed by atoms with van der Waals surface area (Å²) >= 11 is 0. The third kappa shape index (κ3) is 6.79. The molecule has 1 heterocycles. The second-order valence-electron chi connectivity index (χ2n) is 10.9. The van der Waals surface area contributed by atoms with E-state index in [0.717, 1.165) is 16.9 Å². The first-order valence-electron chi connectivity index (χ1n) is 12.4. The summed E-state index contributed by atoms with van der Waals surface area (Å²) in [5, 5.41) is 11.8. The fourth-order valence-electron chi connectivity index (χ4n) is 4.10. The average molecular weight is 500 g/mol. The Morgan fingerprint density at radius 2 is 1.49 bits per heavy atom. The van der Waals surface area contributed by atoms with E-state index in [1.807, 2.05) is 63.2 Å². The summed E-state index contributed by atoms with van der Waals surface area (Å²) in [6.07, 6.45) is 0.934. The molecule has 1 aromatic heterocycles. The van der Waals surface area contributed by atoms with E-state index >= 15 is 0 Å². The van der Waals surface area contributed by atoms with Crippen LogP contribution in [0.15, 0.2) is 66.7 Å². The predicted octanol–water partition coefficient (Wildman–Crippen LogP) is 6.51. The van der Waals surface area contributed by atoms with Crippen LogP contribution in [0.3, 0.4) is 0 Å². The SMILES string of the molecule is CC(C)(C)NC(=O)OC1CC(Oc2ccc(C(C)(C)c3ccc(Oc4cccc(C#N)n4)cc3)cc2)C1. The molecule has 1 amide bonds. The molecule has 192 valence electrons. The molecule has 0 saturated heterocycles. The highest BCUT2D eigenvalue weighted by molar-refractivity contribution is 5.68. The highest BCUT2D eigenvalue weighted by Crippen LogP contribution is 2.35. The molecule has 1 N–H and O–H groups in total. The average Bonchev–Trinajstić information content (AvgIpc) is 2.82.